The minimum Gasteiger partial charge on any atom is -0.477 e. The van der Waals surface area contributed by atoms with Crippen LogP contribution >= 0.6 is 0 Å². The third-order valence-corrected chi connectivity index (χ3v) is 2.77. The maximum atomic E-state index is 10.5. The Kier molecular flexibility index (Phi) is 5.50. The first kappa shape index (κ1) is 16.0. The van der Waals surface area contributed by atoms with E-state index >= 15 is 0 Å². The molecule has 1 rings (SSSR count). The Balaban J connectivity index is 2.51. The van der Waals surface area contributed by atoms with Crippen molar-refractivity contribution in [1.29, 1.82) is 0 Å². The molecule has 0 aliphatic rings. The molecule has 1 N–H and O–H groups in total. The third kappa shape index (κ3) is 5.26. The molecular formula is C16H21NO3. The number of benzene rings is 1. The van der Waals surface area contributed by atoms with Crippen molar-refractivity contribution < 1.29 is 14.7 Å². The second-order valence-electron chi connectivity index (χ2n) is 5.55. The Hall–Kier alpha value is -2.10. The van der Waals surface area contributed by atoms with Gasteiger partial charge < -0.3 is 9.94 Å². The Bertz CT molecular complexity index is 508. The molecule has 0 amide bonds. The molecule has 4 heteroatoms. The summed E-state index contributed by atoms with van der Waals surface area (Å²) in [5.74, 6) is -1.08. The molecule has 1 aromatic carbocycles. The molecule has 0 aliphatic carbocycles. The van der Waals surface area contributed by atoms with Crippen LogP contribution < -0.4 is 0 Å². The number of oxime groups is 1. The van der Waals surface area contributed by atoms with Gasteiger partial charge in [0.25, 0.3) is 0 Å². The molecule has 108 valence electrons. The second kappa shape index (κ2) is 6.89. The van der Waals surface area contributed by atoms with Gasteiger partial charge in [0.15, 0.2) is 5.71 Å². The molecule has 0 aliphatic heterocycles. The number of hydrogen-bond acceptors (Lipinski definition) is 3. The van der Waals surface area contributed by atoms with Crippen LogP contribution in [-0.4, -0.2) is 23.4 Å². The number of nitrogens with zero attached hydrogens (tertiary/aromatic N) is 1. The summed E-state index contributed by atoms with van der Waals surface area (Å²) < 4.78 is 0. The number of carboxylic acid groups (broad SMARTS) is 1. The highest BCUT2D eigenvalue weighted by atomic mass is 16.6. The van der Waals surface area contributed by atoms with Gasteiger partial charge in [0.2, 0.25) is 0 Å². The molecule has 0 fully saturated rings. The minimum atomic E-state index is -1.08. The zero-order valence-corrected chi connectivity index (χ0v) is 12.4. The number of hydrogen-bond donors (Lipinski definition) is 1. The SMILES string of the molecule is C/C(=N/OC/C=C/c1ccc(C(C)(C)C)cc1)C(=O)O. The van der Waals surface area contributed by atoms with Crippen LogP contribution in [0, 0.1) is 0 Å². The van der Waals surface area contributed by atoms with Gasteiger partial charge in [-0.15, -0.1) is 0 Å². The van der Waals surface area contributed by atoms with Crippen LogP contribution in [0.3, 0.4) is 0 Å². The van der Waals surface area contributed by atoms with Crippen LogP contribution in [0.15, 0.2) is 35.5 Å². The van der Waals surface area contributed by atoms with Crippen LogP contribution in [0.5, 0.6) is 0 Å². The molecule has 0 saturated heterocycles. The Morgan fingerprint density at radius 1 is 1.30 bits per heavy atom. The second-order valence-corrected chi connectivity index (χ2v) is 5.55. The van der Waals surface area contributed by atoms with Crippen molar-refractivity contribution in [2.24, 2.45) is 5.16 Å². The first-order valence-electron chi connectivity index (χ1n) is 6.47. The molecular weight excluding hydrogens is 254 g/mol. The van der Waals surface area contributed by atoms with Gasteiger partial charge in [-0.05, 0) is 29.5 Å². The average molecular weight is 275 g/mol. The van der Waals surface area contributed by atoms with Crippen molar-refractivity contribution >= 4 is 17.8 Å². The van der Waals surface area contributed by atoms with E-state index < -0.39 is 5.97 Å². The summed E-state index contributed by atoms with van der Waals surface area (Å²) in [6.07, 6.45) is 3.71. The monoisotopic (exact) mass is 275 g/mol. The highest BCUT2D eigenvalue weighted by Gasteiger charge is 2.12. The summed E-state index contributed by atoms with van der Waals surface area (Å²) in [4.78, 5) is 15.3. The first-order valence-corrected chi connectivity index (χ1v) is 6.47. The largest absolute Gasteiger partial charge is 0.477 e. The lowest BCUT2D eigenvalue weighted by molar-refractivity contribution is -0.129. The number of rotatable bonds is 5. The van der Waals surface area contributed by atoms with E-state index in [1.807, 2.05) is 18.2 Å². The van der Waals surface area contributed by atoms with Gasteiger partial charge in [0.1, 0.15) is 6.61 Å². The van der Waals surface area contributed by atoms with E-state index in [0.717, 1.165) is 5.56 Å². The van der Waals surface area contributed by atoms with E-state index in [9.17, 15) is 4.79 Å². The molecule has 0 atom stereocenters. The first-order chi connectivity index (χ1) is 9.30. The Morgan fingerprint density at radius 2 is 1.90 bits per heavy atom. The summed E-state index contributed by atoms with van der Waals surface area (Å²) in [5, 5.41) is 12.0. The molecule has 1 aromatic rings. The minimum absolute atomic E-state index is 0.0621. The predicted octanol–water partition coefficient (Wildman–Crippen LogP) is 3.47. The van der Waals surface area contributed by atoms with E-state index in [-0.39, 0.29) is 17.7 Å². The van der Waals surface area contributed by atoms with Crippen LogP contribution in [0.4, 0.5) is 0 Å². The fourth-order valence-electron chi connectivity index (χ4n) is 1.49. The van der Waals surface area contributed by atoms with Gasteiger partial charge >= 0.3 is 5.97 Å². The van der Waals surface area contributed by atoms with E-state index in [1.54, 1.807) is 6.08 Å². The van der Waals surface area contributed by atoms with Gasteiger partial charge in [0.05, 0.1) is 0 Å². The molecule has 20 heavy (non-hydrogen) atoms. The van der Waals surface area contributed by atoms with Crippen LogP contribution in [-0.2, 0) is 15.0 Å². The molecule has 0 spiro atoms. The quantitative estimate of drug-likeness (QED) is 0.508. The molecule has 0 unspecified atom stereocenters. The summed E-state index contributed by atoms with van der Waals surface area (Å²) in [6.45, 7) is 8.15. The predicted molar refractivity (Wildman–Crippen MR) is 80.9 cm³/mol. The lowest BCUT2D eigenvalue weighted by atomic mass is 9.87. The molecule has 4 nitrogen and oxygen atoms in total. The number of aliphatic carboxylic acids is 1. The molecule has 0 aromatic heterocycles. The lowest BCUT2D eigenvalue weighted by Gasteiger charge is -2.18. The zero-order chi connectivity index (χ0) is 15.2. The maximum Gasteiger partial charge on any atom is 0.353 e. The van der Waals surface area contributed by atoms with E-state index in [1.165, 1.54) is 12.5 Å². The van der Waals surface area contributed by atoms with Crippen molar-refractivity contribution in [2.75, 3.05) is 6.61 Å². The van der Waals surface area contributed by atoms with Gasteiger partial charge in [-0.25, -0.2) is 4.79 Å². The maximum absolute atomic E-state index is 10.5. The van der Waals surface area contributed by atoms with Crippen LogP contribution in [0.1, 0.15) is 38.8 Å². The highest BCUT2D eigenvalue weighted by molar-refractivity contribution is 6.34. The van der Waals surface area contributed by atoms with Crippen LogP contribution in [0.2, 0.25) is 0 Å². The molecule has 0 saturated carbocycles. The van der Waals surface area contributed by atoms with Gasteiger partial charge in [-0.1, -0.05) is 56.3 Å². The molecule has 0 radical (unpaired) electrons. The average Bonchev–Trinajstić information content (AvgIpc) is 2.37. The Morgan fingerprint density at radius 3 is 2.40 bits per heavy atom. The standard InChI is InChI=1S/C16H21NO3/c1-12(15(18)19)17-20-11-5-6-13-7-9-14(10-8-13)16(2,3)4/h5-10H,11H2,1-4H3,(H,18,19)/b6-5+,17-12-. The summed E-state index contributed by atoms with van der Waals surface area (Å²) >= 11 is 0. The summed E-state index contributed by atoms with van der Waals surface area (Å²) in [7, 11) is 0. The fraction of sp³-hybridized carbons (Fsp3) is 0.375. The number of carbonyl (C=O) groups is 1. The zero-order valence-electron chi connectivity index (χ0n) is 12.4. The Labute approximate surface area is 119 Å². The molecule has 0 bridgehead atoms. The summed E-state index contributed by atoms with van der Waals surface area (Å²) in [6, 6.07) is 8.30. The van der Waals surface area contributed by atoms with Crippen molar-refractivity contribution in [3.8, 4) is 0 Å². The van der Waals surface area contributed by atoms with E-state index in [4.69, 9.17) is 9.94 Å². The van der Waals surface area contributed by atoms with Gasteiger partial charge in [0, 0.05) is 0 Å². The van der Waals surface area contributed by atoms with E-state index in [2.05, 4.69) is 38.1 Å². The smallest absolute Gasteiger partial charge is 0.353 e. The van der Waals surface area contributed by atoms with Gasteiger partial charge in [-0.2, -0.15) is 0 Å². The fourth-order valence-corrected chi connectivity index (χ4v) is 1.49. The van der Waals surface area contributed by atoms with Crippen molar-refractivity contribution in [1.82, 2.24) is 0 Å². The van der Waals surface area contributed by atoms with Crippen molar-refractivity contribution in [3.63, 3.8) is 0 Å². The molecule has 0 heterocycles. The highest BCUT2D eigenvalue weighted by Crippen LogP contribution is 2.22. The lowest BCUT2D eigenvalue weighted by Crippen LogP contribution is -2.10. The normalized spacial score (nSPS) is 12.7. The number of carboxylic acids is 1. The van der Waals surface area contributed by atoms with Gasteiger partial charge in [-0.3, -0.25) is 0 Å². The van der Waals surface area contributed by atoms with Crippen LogP contribution in [0.25, 0.3) is 6.08 Å². The van der Waals surface area contributed by atoms with Crippen molar-refractivity contribution in [3.05, 3.63) is 41.5 Å². The summed E-state index contributed by atoms with van der Waals surface area (Å²) in [5.41, 5.74) is 2.44. The third-order valence-electron chi connectivity index (χ3n) is 2.77. The van der Waals surface area contributed by atoms with E-state index in [0.29, 0.717) is 0 Å². The van der Waals surface area contributed by atoms with Crippen molar-refractivity contribution in [2.45, 2.75) is 33.1 Å². The topological polar surface area (TPSA) is 58.9 Å².